The number of aromatic nitrogens is 5. The van der Waals surface area contributed by atoms with Crippen molar-refractivity contribution in [1.29, 1.82) is 0 Å². The Hall–Kier alpha value is -2.73. The molecule has 24 heavy (non-hydrogen) atoms. The van der Waals surface area contributed by atoms with Crippen molar-refractivity contribution in [2.45, 2.75) is 5.92 Å². The fraction of sp³-hybridized carbons (Fsp3) is 0.176. The number of fused-ring (bicyclic) bond motifs is 2. The van der Waals surface area contributed by atoms with Crippen molar-refractivity contribution in [3.8, 4) is 0 Å². The van der Waals surface area contributed by atoms with Gasteiger partial charge in [0, 0.05) is 24.3 Å². The number of nitrogens with zero attached hydrogens (tertiary/aromatic N) is 6. The number of benzene rings is 1. The Morgan fingerprint density at radius 1 is 1.04 bits per heavy atom. The first-order valence-electron chi connectivity index (χ1n) is 7.75. The lowest BCUT2D eigenvalue weighted by molar-refractivity contribution is 0.493. The fourth-order valence-electron chi connectivity index (χ4n) is 3.09. The summed E-state index contributed by atoms with van der Waals surface area (Å²) in [6, 6.07) is 11.5. The molecule has 1 fully saturated rings. The zero-order valence-electron chi connectivity index (χ0n) is 12.7. The Balaban J connectivity index is 1.40. The third-order valence-corrected chi connectivity index (χ3v) is 4.64. The van der Waals surface area contributed by atoms with Gasteiger partial charge in [-0.15, -0.1) is 10.2 Å². The van der Waals surface area contributed by atoms with Crippen LogP contribution in [0.1, 0.15) is 11.7 Å². The molecule has 0 radical (unpaired) electrons. The van der Waals surface area contributed by atoms with Crippen LogP contribution in [0.4, 0.5) is 5.82 Å². The highest BCUT2D eigenvalue weighted by Gasteiger charge is 2.32. The van der Waals surface area contributed by atoms with Gasteiger partial charge in [-0.25, -0.2) is 4.98 Å². The molecule has 7 heteroatoms. The highest BCUT2D eigenvalue weighted by Crippen LogP contribution is 2.30. The number of halogens is 1. The molecule has 0 aliphatic carbocycles. The van der Waals surface area contributed by atoms with E-state index in [1.54, 1.807) is 6.20 Å². The van der Waals surface area contributed by atoms with Crippen molar-refractivity contribution < 1.29 is 0 Å². The van der Waals surface area contributed by atoms with Gasteiger partial charge in [-0.3, -0.25) is 9.38 Å². The largest absolute Gasteiger partial charge is 0.354 e. The molecule has 6 nitrogen and oxygen atoms in total. The van der Waals surface area contributed by atoms with Gasteiger partial charge in [0.15, 0.2) is 5.65 Å². The molecule has 4 aromatic rings. The van der Waals surface area contributed by atoms with E-state index in [9.17, 15) is 0 Å². The van der Waals surface area contributed by atoms with E-state index in [-0.39, 0.29) is 0 Å². The first-order valence-corrected chi connectivity index (χ1v) is 8.13. The zero-order chi connectivity index (χ0) is 16.1. The summed E-state index contributed by atoms with van der Waals surface area (Å²) < 4.78 is 2.05. The molecule has 0 atom stereocenters. The molecule has 0 N–H and O–H groups in total. The van der Waals surface area contributed by atoms with Crippen molar-refractivity contribution >= 4 is 34.1 Å². The Morgan fingerprint density at radius 2 is 1.96 bits per heavy atom. The van der Waals surface area contributed by atoms with Crippen LogP contribution >= 0.6 is 11.6 Å². The Morgan fingerprint density at radius 3 is 2.88 bits per heavy atom. The van der Waals surface area contributed by atoms with Crippen LogP contribution in [0.3, 0.4) is 0 Å². The molecule has 4 heterocycles. The van der Waals surface area contributed by atoms with Gasteiger partial charge in [-0.2, -0.15) is 0 Å². The lowest BCUT2D eigenvalue weighted by atomic mass is 9.99. The van der Waals surface area contributed by atoms with Crippen LogP contribution in [-0.4, -0.2) is 37.7 Å². The summed E-state index contributed by atoms with van der Waals surface area (Å²) in [7, 11) is 0. The normalized spacial score (nSPS) is 15.1. The molecule has 1 saturated heterocycles. The molecule has 118 valence electrons. The van der Waals surface area contributed by atoms with E-state index in [1.165, 1.54) is 0 Å². The Kier molecular flexibility index (Phi) is 2.93. The van der Waals surface area contributed by atoms with Gasteiger partial charge in [-0.1, -0.05) is 17.7 Å². The molecule has 0 bridgehead atoms. The molecule has 0 unspecified atom stereocenters. The summed E-state index contributed by atoms with van der Waals surface area (Å²) in [6.45, 7) is 1.73. The van der Waals surface area contributed by atoms with Crippen molar-refractivity contribution in [2.75, 3.05) is 18.0 Å². The fourth-order valence-corrected chi connectivity index (χ4v) is 3.26. The van der Waals surface area contributed by atoms with E-state index in [4.69, 9.17) is 11.6 Å². The first-order chi connectivity index (χ1) is 11.8. The molecule has 0 amide bonds. The van der Waals surface area contributed by atoms with Gasteiger partial charge in [-0.05, 0) is 30.3 Å². The lowest BCUT2D eigenvalue weighted by Crippen LogP contribution is -2.46. The summed E-state index contributed by atoms with van der Waals surface area (Å²) in [4.78, 5) is 11.3. The maximum Gasteiger partial charge on any atom is 0.160 e. The molecule has 3 aromatic heterocycles. The number of hydrogen-bond donors (Lipinski definition) is 0. The number of pyridine rings is 1. The van der Waals surface area contributed by atoms with Gasteiger partial charge in [0.05, 0.1) is 23.1 Å². The lowest BCUT2D eigenvalue weighted by Gasteiger charge is -2.38. The topological polar surface area (TPSA) is 59.2 Å². The molecule has 0 saturated carbocycles. The van der Waals surface area contributed by atoms with Gasteiger partial charge >= 0.3 is 0 Å². The summed E-state index contributed by atoms with van der Waals surface area (Å²) in [5, 5.41) is 9.24. The summed E-state index contributed by atoms with van der Waals surface area (Å²) in [6.07, 6.45) is 3.81. The summed E-state index contributed by atoms with van der Waals surface area (Å²) >= 11 is 5.99. The van der Waals surface area contributed by atoms with Gasteiger partial charge in [0.25, 0.3) is 0 Å². The van der Waals surface area contributed by atoms with Gasteiger partial charge in [0.1, 0.15) is 11.6 Å². The Labute approximate surface area is 142 Å². The number of anilines is 1. The van der Waals surface area contributed by atoms with E-state index in [2.05, 4.69) is 29.5 Å². The molecule has 0 spiro atoms. The van der Waals surface area contributed by atoms with E-state index < -0.39 is 0 Å². The van der Waals surface area contributed by atoms with Crippen LogP contribution in [-0.2, 0) is 0 Å². The second-order valence-electron chi connectivity index (χ2n) is 5.95. The summed E-state index contributed by atoms with van der Waals surface area (Å²) in [5.41, 5.74) is 2.55. The number of hydrogen-bond acceptors (Lipinski definition) is 5. The van der Waals surface area contributed by atoms with Crippen LogP contribution in [0.5, 0.6) is 0 Å². The monoisotopic (exact) mass is 336 g/mol. The minimum atomic E-state index is 0.352. The van der Waals surface area contributed by atoms with Gasteiger partial charge in [0.2, 0.25) is 0 Å². The standard InChI is InChI=1S/C17H13ClN6/c18-12-4-5-13-14(7-12)19-8-16(20-13)23-9-11(10-23)17-22-21-15-3-1-2-6-24(15)17/h1-8,11H,9-10H2. The quantitative estimate of drug-likeness (QED) is 0.563. The predicted octanol–water partition coefficient (Wildman–Crippen LogP) is 2.93. The second kappa shape index (κ2) is 5.14. The molecular formula is C17H13ClN6. The van der Waals surface area contributed by atoms with Crippen LogP contribution in [0.25, 0.3) is 16.7 Å². The zero-order valence-corrected chi connectivity index (χ0v) is 13.4. The van der Waals surface area contributed by atoms with Crippen LogP contribution in [0, 0.1) is 0 Å². The van der Waals surface area contributed by atoms with Crippen molar-refractivity contribution in [2.24, 2.45) is 0 Å². The predicted molar refractivity (Wildman–Crippen MR) is 92.5 cm³/mol. The van der Waals surface area contributed by atoms with Crippen LogP contribution in [0.2, 0.25) is 5.02 Å². The van der Waals surface area contributed by atoms with Crippen molar-refractivity contribution in [1.82, 2.24) is 24.6 Å². The average Bonchev–Trinajstić information content (AvgIpc) is 2.98. The maximum atomic E-state index is 5.99. The third-order valence-electron chi connectivity index (χ3n) is 4.40. The van der Waals surface area contributed by atoms with Crippen LogP contribution in [0.15, 0.2) is 48.8 Å². The highest BCUT2D eigenvalue weighted by atomic mass is 35.5. The maximum absolute atomic E-state index is 5.99. The first kappa shape index (κ1) is 13.7. The van der Waals surface area contributed by atoms with Crippen LogP contribution < -0.4 is 4.90 Å². The molecule has 1 aliphatic rings. The molecular weight excluding hydrogens is 324 g/mol. The average molecular weight is 337 g/mol. The van der Waals surface area contributed by atoms with E-state index in [0.717, 1.165) is 41.4 Å². The van der Waals surface area contributed by atoms with Crippen molar-refractivity contribution in [3.05, 3.63) is 59.6 Å². The second-order valence-corrected chi connectivity index (χ2v) is 6.39. The Bertz CT molecular complexity index is 1050. The third kappa shape index (κ3) is 2.11. The summed E-state index contributed by atoms with van der Waals surface area (Å²) in [5.74, 6) is 2.24. The van der Waals surface area contributed by atoms with E-state index in [0.29, 0.717) is 10.9 Å². The SMILES string of the molecule is Clc1ccc2nc(N3CC(c4nnc5ccccn45)C3)cnc2c1. The van der Waals surface area contributed by atoms with Crippen molar-refractivity contribution in [3.63, 3.8) is 0 Å². The molecule has 5 rings (SSSR count). The molecule has 1 aromatic carbocycles. The minimum absolute atomic E-state index is 0.352. The number of rotatable bonds is 2. The van der Waals surface area contributed by atoms with Gasteiger partial charge < -0.3 is 4.90 Å². The minimum Gasteiger partial charge on any atom is -0.354 e. The highest BCUT2D eigenvalue weighted by molar-refractivity contribution is 6.31. The van der Waals surface area contributed by atoms with E-state index in [1.807, 2.05) is 42.6 Å². The smallest absolute Gasteiger partial charge is 0.160 e. The molecule has 1 aliphatic heterocycles. The van der Waals surface area contributed by atoms with E-state index >= 15 is 0 Å².